The normalized spacial score (nSPS) is 22.9. The summed E-state index contributed by atoms with van der Waals surface area (Å²) in [5.41, 5.74) is 1.23. The second-order valence-corrected chi connectivity index (χ2v) is 4.42. The number of hydrogen-bond acceptors (Lipinski definition) is 1. The zero-order valence-electron chi connectivity index (χ0n) is 8.95. The zero-order chi connectivity index (χ0) is 10.7. The molecule has 0 bridgehead atoms. The second-order valence-electron chi connectivity index (χ2n) is 4.42. The third kappa shape index (κ3) is 3.03. The molecule has 1 heterocycles. The van der Waals surface area contributed by atoms with E-state index in [0.717, 1.165) is 19.5 Å². The van der Waals surface area contributed by atoms with Crippen LogP contribution in [0.2, 0.25) is 0 Å². The van der Waals surface area contributed by atoms with Crippen LogP contribution in [0.25, 0.3) is 0 Å². The van der Waals surface area contributed by atoms with E-state index in [1.165, 1.54) is 18.4 Å². The minimum atomic E-state index is -0.152. The Kier molecular flexibility index (Phi) is 3.37. The predicted molar refractivity (Wildman–Crippen MR) is 59.8 cm³/mol. The van der Waals surface area contributed by atoms with Crippen LogP contribution in [0.5, 0.6) is 0 Å². The molecule has 1 fully saturated rings. The van der Waals surface area contributed by atoms with Crippen molar-refractivity contribution in [3.8, 4) is 0 Å². The summed E-state index contributed by atoms with van der Waals surface area (Å²) in [6.07, 6.45) is 3.55. The van der Waals surface area contributed by atoms with Crippen molar-refractivity contribution in [1.82, 2.24) is 4.90 Å². The van der Waals surface area contributed by atoms with E-state index in [-0.39, 0.29) is 5.82 Å². The lowest BCUT2D eigenvalue weighted by Crippen LogP contribution is -2.31. The van der Waals surface area contributed by atoms with E-state index < -0.39 is 0 Å². The van der Waals surface area contributed by atoms with Crippen LogP contribution in [0.3, 0.4) is 0 Å². The van der Waals surface area contributed by atoms with Gasteiger partial charge in [0.15, 0.2) is 0 Å². The molecule has 0 N–H and O–H groups in total. The lowest BCUT2D eigenvalue weighted by molar-refractivity contribution is 0.230. The van der Waals surface area contributed by atoms with Gasteiger partial charge in [-0.15, -0.1) is 0 Å². The highest BCUT2D eigenvalue weighted by atomic mass is 19.1. The van der Waals surface area contributed by atoms with Crippen molar-refractivity contribution in [2.45, 2.75) is 19.3 Å². The molecule has 1 nitrogen and oxygen atoms in total. The molecule has 2 heteroatoms. The molecule has 1 saturated heterocycles. The van der Waals surface area contributed by atoms with Crippen LogP contribution in [-0.2, 0) is 6.42 Å². The van der Waals surface area contributed by atoms with E-state index in [1.807, 2.05) is 12.1 Å². The number of benzene rings is 1. The third-order valence-corrected chi connectivity index (χ3v) is 3.04. The largest absolute Gasteiger partial charge is 0.302 e. The fourth-order valence-corrected chi connectivity index (χ4v) is 2.27. The minimum Gasteiger partial charge on any atom is -0.302 e. The van der Waals surface area contributed by atoms with Crippen molar-refractivity contribution in [2.75, 3.05) is 13.1 Å². The lowest BCUT2D eigenvalue weighted by atomic mass is 9.91. The van der Waals surface area contributed by atoms with Crippen molar-refractivity contribution in [1.29, 1.82) is 0 Å². The van der Waals surface area contributed by atoms with E-state index in [2.05, 4.69) is 11.9 Å². The number of likely N-dealkylation sites (tertiary alicyclic amines) is 1. The number of rotatable bonds is 2. The smallest absolute Gasteiger partial charge is 0.123 e. The Morgan fingerprint density at radius 1 is 1.33 bits per heavy atom. The van der Waals surface area contributed by atoms with Gasteiger partial charge in [-0.3, -0.25) is 0 Å². The molecule has 1 aromatic carbocycles. The highest BCUT2D eigenvalue weighted by Crippen LogP contribution is 2.20. The van der Waals surface area contributed by atoms with Gasteiger partial charge in [0.2, 0.25) is 0 Å². The molecule has 2 rings (SSSR count). The first-order valence-electron chi connectivity index (χ1n) is 5.54. The molecule has 1 aliphatic rings. The summed E-state index contributed by atoms with van der Waals surface area (Å²) in [5, 5.41) is 0. The molecule has 0 aromatic heterocycles. The number of hydrogen-bond donors (Lipinski definition) is 0. The highest BCUT2D eigenvalue weighted by Gasteiger charge is 2.17. The van der Waals surface area contributed by atoms with Crippen molar-refractivity contribution < 1.29 is 4.39 Å². The van der Waals surface area contributed by atoms with Crippen LogP contribution in [0.1, 0.15) is 18.4 Å². The molecule has 1 aliphatic heterocycles. The Labute approximate surface area is 90.9 Å². The number of piperidine rings is 1. The molecular weight excluding hydrogens is 189 g/mol. The number of nitrogens with zero attached hydrogens (tertiary/aromatic N) is 1. The van der Waals surface area contributed by atoms with E-state index in [9.17, 15) is 4.39 Å². The van der Waals surface area contributed by atoms with Gasteiger partial charge in [0.25, 0.3) is 0 Å². The average Bonchev–Trinajstić information content (AvgIpc) is 2.22. The summed E-state index contributed by atoms with van der Waals surface area (Å²) in [6, 6.07) is 6.86. The quantitative estimate of drug-likeness (QED) is 0.719. The molecule has 1 radical (unpaired) electrons. The molecule has 81 valence electrons. The summed E-state index contributed by atoms with van der Waals surface area (Å²) in [6.45, 7) is 2.18. The standard InChI is InChI=1S/C13H17FN/c1-15-8-2-3-12(10-15)9-11-4-6-13(14)7-5-11/h4-7,12H,1-3,8-10H2/t12-/m0/s1. The molecule has 0 aliphatic carbocycles. The van der Waals surface area contributed by atoms with Crippen molar-refractivity contribution in [3.05, 3.63) is 42.7 Å². The Morgan fingerprint density at radius 3 is 2.73 bits per heavy atom. The van der Waals surface area contributed by atoms with Crippen LogP contribution in [0.15, 0.2) is 24.3 Å². The van der Waals surface area contributed by atoms with Gasteiger partial charge in [0.05, 0.1) is 0 Å². The first-order valence-corrected chi connectivity index (χ1v) is 5.54. The van der Waals surface area contributed by atoms with E-state index >= 15 is 0 Å². The first-order chi connectivity index (χ1) is 7.24. The fourth-order valence-electron chi connectivity index (χ4n) is 2.27. The molecule has 0 saturated carbocycles. The molecule has 1 aromatic rings. The second kappa shape index (κ2) is 4.75. The highest BCUT2D eigenvalue weighted by molar-refractivity contribution is 5.16. The van der Waals surface area contributed by atoms with Crippen LogP contribution >= 0.6 is 0 Å². The van der Waals surface area contributed by atoms with Gasteiger partial charge in [0, 0.05) is 13.6 Å². The van der Waals surface area contributed by atoms with Gasteiger partial charge >= 0.3 is 0 Å². The molecule has 15 heavy (non-hydrogen) atoms. The summed E-state index contributed by atoms with van der Waals surface area (Å²) in [4.78, 5) is 2.14. The summed E-state index contributed by atoms with van der Waals surface area (Å²) >= 11 is 0. The molecular formula is C13H17FN. The Morgan fingerprint density at radius 2 is 2.07 bits per heavy atom. The predicted octanol–water partition coefficient (Wildman–Crippen LogP) is 2.87. The van der Waals surface area contributed by atoms with Crippen LogP contribution < -0.4 is 0 Å². The molecule has 1 atom stereocenters. The van der Waals surface area contributed by atoms with Crippen molar-refractivity contribution >= 4 is 0 Å². The maximum Gasteiger partial charge on any atom is 0.123 e. The van der Waals surface area contributed by atoms with Crippen LogP contribution in [-0.4, -0.2) is 18.0 Å². The van der Waals surface area contributed by atoms with Gasteiger partial charge in [-0.1, -0.05) is 12.1 Å². The van der Waals surface area contributed by atoms with Crippen LogP contribution in [0, 0.1) is 18.8 Å². The first kappa shape index (κ1) is 10.6. The fraction of sp³-hybridized carbons (Fsp3) is 0.462. The van der Waals surface area contributed by atoms with E-state index in [4.69, 9.17) is 0 Å². The Balaban J connectivity index is 1.93. The van der Waals surface area contributed by atoms with Crippen molar-refractivity contribution in [3.63, 3.8) is 0 Å². The summed E-state index contributed by atoms with van der Waals surface area (Å²) in [5.74, 6) is 0.530. The minimum absolute atomic E-state index is 0.152. The third-order valence-electron chi connectivity index (χ3n) is 3.04. The topological polar surface area (TPSA) is 3.24 Å². The SMILES string of the molecule is [CH2]N1CCC[C@@H](Cc2ccc(F)cc2)C1. The monoisotopic (exact) mass is 206 g/mol. The van der Waals surface area contributed by atoms with E-state index in [0.29, 0.717) is 5.92 Å². The Hall–Kier alpha value is -0.890. The molecule has 0 spiro atoms. The van der Waals surface area contributed by atoms with Gasteiger partial charge in [0.1, 0.15) is 5.82 Å². The summed E-state index contributed by atoms with van der Waals surface area (Å²) < 4.78 is 12.7. The maximum absolute atomic E-state index is 12.7. The molecule has 0 unspecified atom stereocenters. The number of halogens is 1. The lowest BCUT2D eigenvalue weighted by Gasteiger charge is -2.29. The average molecular weight is 206 g/mol. The molecule has 0 amide bonds. The van der Waals surface area contributed by atoms with E-state index in [1.54, 1.807) is 12.1 Å². The van der Waals surface area contributed by atoms with Gasteiger partial charge < -0.3 is 4.90 Å². The van der Waals surface area contributed by atoms with Gasteiger partial charge in [-0.2, -0.15) is 0 Å². The van der Waals surface area contributed by atoms with Gasteiger partial charge in [-0.25, -0.2) is 4.39 Å². The van der Waals surface area contributed by atoms with Crippen LogP contribution in [0.4, 0.5) is 4.39 Å². The maximum atomic E-state index is 12.7. The van der Waals surface area contributed by atoms with Gasteiger partial charge in [-0.05, 0) is 49.4 Å². The Bertz CT molecular complexity index is 307. The van der Waals surface area contributed by atoms with Crippen molar-refractivity contribution in [2.24, 2.45) is 5.92 Å². The zero-order valence-corrected chi connectivity index (χ0v) is 8.95. The summed E-state index contributed by atoms with van der Waals surface area (Å²) in [7, 11) is 3.98.